The minimum atomic E-state index is 0.627. The summed E-state index contributed by atoms with van der Waals surface area (Å²) in [6.07, 6.45) is 2.85. The fourth-order valence-electron chi connectivity index (χ4n) is 8.84. The first-order chi connectivity index (χ1) is 28.2. The number of allylic oxidation sites excluding steroid dienone is 1. The SMILES string of the molecule is C1=C(c2ccc3ccc4ccccc4c3c2)N=C(c2cc(-c3cc4oc5ccccc5c4c4ccccc34)cc3oc4ccccc4c23)N=C(c2ccccc2)C1. The number of benzene rings is 9. The number of fused-ring (bicyclic) bond motifs is 11. The average molecular weight is 729 g/mol. The highest BCUT2D eigenvalue weighted by atomic mass is 16.3. The summed E-state index contributed by atoms with van der Waals surface area (Å²) in [6.45, 7) is 0. The molecule has 2 aromatic heterocycles. The molecule has 0 fully saturated rings. The Morgan fingerprint density at radius 3 is 1.77 bits per heavy atom. The predicted molar refractivity (Wildman–Crippen MR) is 238 cm³/mol. The Balaban J connectivity index is 1.14. The molecule has 0 amide bonds. The van der Waals surface area contributed by atoms with Gasteiger partial charge in [0.15, 0.2) is 5.84 Å². The maximum Gasteiger partial charge on any atom is 0.160 e. The molecular weight excluding hydrogens is 697 g/mol. The minimum Gasteiger partial charge on any atom is -0.456 e. The van der Waals surface area contributed by atoms with E-state index in [1.54, 1.807) is 0 Å². The number of hydrogen-bond acceptors (Lipinski definition) is 4. The normalized spacial score (nSPS) is 13.5. The zero-order valence-corrected chi connectivity index (χ0v) is 30.7. The maximum absolute atomic E-state index is 6.70. The smallest absolute Gasteiger partial charge is 0.160 e. The molecule has 0 spiro atoms. The number of amidine groups is 1. The quantitative estimate of drug-likeness (QED) is 0.169. The van der Waals surface area contributed by atoms with Crippen molar-refractivity contribution in [1.29, 1.82) is 0 Å². The van der Waals surface area contributed by atoms with Crippen LogP contribution in [0.3, 0.4) is 0 Å². The van der Waals surface area contributed by atoms with Gasteiger partial charge in [-0.2, -0.15) is 0 Å². The van der Waals surface area contributed by atoms with Crippen LogP contribution in [0.2, 0.25) is 0 Å². The number of hydrogen-bond donors (Lipinski definition) is 0. The van der Waals surface area contributed by atoms with Gasteiger partial charge in [-0.25, -0.2) is 9.98 Å². The standard InChI is InChI=1S/C53H32N2O2/c1-2-13-34(14-3-1)45-26-27-46(35-25-24-33-23-22-32-12-4-5-15-37(32)42(33)28-35)55-53(54-45)44-29-36(30-49-52(44)41-19-9-11-21-48(41)56-49)43-31-50-51(39-17-7-6-16-38(39)43)40-18-8-10-20-47(40)57-50/h1-25,27-31H,26H2. The lowest BCUT2D eigenvalue weighted by atomic mass is 9.92. The van der Waals surface area contributed by atoms with E-state index in [-0.39, 0.29) is 0 Å². The van der Waals surface area contributed by atoms with Gasteiger partial charge in [0.25, 0.3) is 0 Å². The van der Waals surface area contributed by atoms with Crippen LogP contribution in [0.15, 0.2) is 201 Å². The fourth-order valence-corrected chi connectivity index (χ4v) is 8.84. The first-order valence-electron chi connectivity index (χ1n) is 19.4. The third kappa shape index (κ3) is 5.08. The second kappa shape index (κ2) is 12.5. The van der Waals surface area contributed by atoms with Crippen molar-refractivity contribution in [3.63, 3.8) is 0 Å². The highest BCUT2D eigenvalue weighted by Crippen LogP contribution is 2.43. The van der Waals surface area contributed by atoms with Crippen molar-refractivity contribution in [3.05, 3.63) is 199 Å². The molecule has 0 saturated carbocycles. The lowest BCUT2D eigenvalue weighted by Gasteiger charge is -2.12. The highest BCUT2D eigenvalue weighted by Gasteiger charge is 2.22. The van der Waals surface area contributed by atoms with Crippen molar-refractivity contribution in [2.75, 3.05) is 0 Å². The molecule has 0 N–H and O–H groups in total. The van der Waals surface area contributed by atoms with Crippen molar-refractivity contribution >= 4 is 93.4 Å². The van der Waals surface area contributed by atoms with E-state index in [1.807, 2.05) is 30.3 Å². The van der Waals surface area contributed by atoms with E-state index in [1.165, 1.54) is 21.5 Å². The van der Waals surface area contributed by atoms with Crippen LogP contribution in [0.1, 0.15) is 23.1 Å². The molecule has 266 valence electrons. The minimum absolute atomic E-state index is 0.627. The van der Waals surface area contributed by atoms with Gasteiger partial charge in [-0.3, -0.25) is 0 Å². The van der Waals surface area contributed by atoms with Crippen molar-refractivity contribution in [2.45, 2.75) is 6.42 Å². The molecular formula is C53H32N2O2. The van der Waals surface area contributed by atoms with Crippen LogP contribution in [0.5, 0.6) is 0 Å². The van der Waals surface area contributed by atoms with E-state index in [9.17, 15) is 0 Å². The molecule has 0 radical (unpaired) electrons. The Kier molecular flexibility index (Phi) is 6.96. The molecule has 4 heteroatoms. The van der Waals surface area contributed by atoms with Gasteiger partial charge in [0.05, 0.1) is 11.4 Å². The molecule has 57 heavy (non-hydrogen) atoms. The second-order valence-corrected chi connectivity index (χ2v) is 14.8. The van der Waals surface area contributed by atoms with E-state index in [0.29, 0.717) is 12.3 Å². The summed E-state index contributed by atoms with van der Waals surface area (Å²) in [5, 5.41) is 11.4. The third-order valence-corrected chi connectivity index (χ3v) is 11.5. The lowest BCUT2D eigenvalue weighted by Crippen LogP contribution is -2.05. The maximum atomic E-state index is 6.70. The zero-order valence-electron chi connectivity index (χ0n) is 30.7. The van der Waals surface area contributed by atoms with Crippen LogP contribution < -0.4 is 0 Å². The van der Waals surface area contributed by atoms with Crippen LogP contribution in [0, 0.1) is 0 Å². The van der Waals surface area contributed by atoms with E-state index in [4.69, 9.17) is 18.8 Å². The monoisotopic (exact) mass is 728 g/mol. The van der Waals surface area contributed by atoms with Crippen LogP contribution in [0.4, 0.5) is 0 Å². The molecule has 1 aliphatic heterocycles. The first kappa shape index (κ1) is 31.8. The van der Waals surface area contributed by atoms with Crippen LogP contribution in [-0.2, 0) is 0 Å². The number of rotatable bonds is 4. The summed E-state index contributed by atoms with van der Waals surface area (Å²) in [7, 11) is 0. The summed E-state index contributed by atoms with van der Waals surface area (Å²) >= 11 is 0. The summed E-state index contributed by atoms with van der Waals surface area (Å²) in [5.41, 5.74) is 10.2. The molecule has 9 aromatic carbocycles. The van der Waals surface area contributed by atoms with Crippen LogP contribution in [0.25, 0.3) is 93.0 Å². The molecule has 12 rings (SSSR count). The van der Waals surface area contributed by atoms with Crippen molar-refractivity contribution in [1.82, 2.24) is 0 Å². The number of furan rings is 2. The molecule has 0 bridgehead atoms. The fraction of sp³-hybridized carbons (Fsp3) is 0.0189. The van der Waals surface area contributed by atoms with Gasteiger partial charge in [-0.1, -0.05) is 146 Å². The average Bonchev–Trinajstić information content (AvgIpc) is 3.76. The Bertz CT molecular complexity index is 3550. The third-order valence-electron chi connectivity index (χ3n) is 11.5. The summed E-state index contributed by atoms with van der Waals surface area (Å²) < 4.78 is 13.2. The summed E-state index contributed by atoms with van der Waals surface area (Å²) in [4.78, 5) is 11.0. The van der Waals surface area contributed by atoms with Gasteiger partial charge >= 0.3 is 0 Å². The van der Waals surface area contributed by atoms with E-state index in [0.717, 1.165) is 93.9 Å². The Labute approximate surface area is 327 Å². The van der Waals surface area contributed by atoms with E-state index >= 15 is 0 Å². The predicted octanol–water partition coefficient (Wildman–Crippen LogP) is 14.3. The molecule has 11 aromatic rings. The van der Waals surface area contributed by atoms with Crippen molar-refractivity contribution in [2.24, 2.45) is 9.98 Å². The Morgan fingerprint density at radius 1 is 0.368 bits per heavy atom. The molecule has 0 atom stereocenters. The van der Waals surface area contributed by atoms with Crippen molar-refractivity contribution in [3.8, 4) is 11.1 Å². The Hall–Kier alpha value is -7.56. The number of aliphatic imine (C=N–C) groups is 2. The largest absolute Gasteiger partial charge is 0.456 e. The van der Waals surface area contributed by atoms with Gasteiger partial charge < -0.3 is 8.83 Å². The van der Waals surface area contributed by atoms with Gasteiger partial charge in [0.2, 0.25) is 0 Å². The van der Waals surface area contributed by atoms with Gasteiger partial charge in [0, 0.05) is 39.1 Å². The molecule has 4 nitrogen and oxygen atoms in total. The van der Waals surface area contributed by atoms with Gasteiger partial charge in [-0.05, 0) is 85.4 Å². The zero-order chi connectivity index (χ0) is 37.5. The molecule has 0 unspecified atom stereocenters. The summed E-state index contributed by atoms with van der Waals surface area (Å²) in [6, 6.07) is 61.8. The Morgan fingerprint density at radius 2 is 0.982 bits per heavy atom. The van der Waals surface area contributed by atoms with Crippen molar-refractivity contribution < 1.29 is 8.83 Å². The second-order valence-electron chi connectivity index (χ2n) is 14.8. The van der Waals surface area contributed by atoms with Crippen LogP contribution >= 0.6 is 0 Å². The topological polar surface area (TPSA) is 51.0 Å². The lowest BCUT2D eigenvalue weighted by molar-refractivity contribution is 0.668. The number of para-hydroxylation sites is 2. The number of nitrogens with zero attached hydrogens (tertiary/aromatic N) is 2. The molecule has 3 heterocycles. The van der Waals surface area contributed by atoms with E-state index < -0.39 is 0 Å². The summed E-state index contributed by atoms with van der Waals surface area (Å²) in [5.74, 6) is 0.642. The van der Waals surface area contributed by atoms with Crippen LogP contribution in [-0.4, -0.2) is 11.5 Å². The molecule has 1 aliphatic rings. The van der Waals surface area contributed by atoms with E-state index in [2.05, 4.69) is 152 Å². The first-order valence-corrected chi connectivity index (χ1v) is 19.4. The molecule has 0 aliphatic carbocycles. The highest BCUT2D eigenvalue weighted by molar-refractivity contribution is 6.26. The van der Waals surface area contributed by atoms with Gasteiger partial charge in [-0.15, -0.1) is 0 Å². The molecule has 0 saturated heterocycles. The van der Waals surface area contributed by atoms with Gasteiger partial charge in [0.1, 0.15) is 22.3 Å².